The number of halogens is 6. The first-order valence-corrected chi connectivity index (χ1v) is 11.0. The third-order valence-corrected chi connectivity index (χ3v) is 7.91. The Balaban J connectivity index is 0.000000423. The van der Waals surface area contributed by atoms with Crippen LogP contribution in [0.3, 0.4) is 0 Å². The van der Waals surface area contributed by atoms with Crippen LogP contribution >= 0.6 is 69.6 Å². The second-order valence-electron chi connectivity index (χ2n) is 5.93. The minimum absolute atomic E-state index is 0.437. The monoisotopic (exact) mass is 445 g/mol. The van der Waals surface area contributed by atoms with Crippen LogP contribution in [0.25, 0.3) is 0 Å². The molecule has 1 fully saturated rings. The highest BCUT2D eigenvalue weighted by molar-refractivity contribution is 6.45. The van der Waals surface area contributed by atoms with Crippen LogP contribution in [0.2, 0.25) is 0 Å². The SMILES string of the molecule is CCCCCCCCCCN.ClC1C(Cl)C(Cl)C(Cl)C(Cl)C1Cl. The number of hydrogen-bond acceptors (Lipinski definition) is 1. The highest BCUT2D eigenvalue weighted by atomic mass is 35.5. The third kappa shape index (κ3) is 9.83. The molecule has 140 valence electrons. The summed E-state index contributed by atoms with van der Waals surface area (Å²) in [5.74, 6) is 0. The molecule has 0 amide bonds. The molecule has 1 aliphatic carbocycles. The van der Waals surface area contributed by atoms with Gasteiger partial charge in [-0.3, -0.25) is 0 Å². The summed E-state index contributed by atoms with van der Waals surface area (Å²) in [5, 5.41) is -2.62. The van der Waals surface area contributed by atoms with Gasteiger partial charge in [-0.15, -0.1) is 69.6 Å². The summed E-state index contributed by atoms with van der Waals surface area (Å²) >= 11 is 35.3. The van der Waals surface area contributed by atoms with Crippen molar-refractivity contribution in [2.45, 2.75) is 90.6 Å². The molecule has 1 nitrogen and oxygen atoms in total. The molecular weight excluding hydrogens is 419 g/mol. The molecule has 0 aromatic carbocycles. The Hall–Kier alpha value is 1.70. The van der Waals surface area contributed by atoms with Crippen LogP contribution in [0.15, 0.2) is 0 Å². The van der Waals surface area contributed by atoms with Gasteiger partial charge in [-0.1, -0.05) is 51.9 Å². The van der Waals surface area contributed by atoms with Gasteiger partial charge in [0, 0.05) is 0 Å². The predicted octanol–water partition coefficient (Wildman–Crippen LogP) is 6.73. The number of hydrogen-bond donors (Lipinski definition) is 1. The lowest BCUT2D eigenvalue weighted by atomic mass is 9.97. The molecule has 23 heavy (non-hydrogen) atoms. The molecule has 0 bridgehead atoms. The zero-order valence-electron chi connectivity index (χ0n) is 13.7. The summed E-state index contributed by atoms with van der Waals surface area (Å²) in [6.45, 7) is 3.13. The second-order valence-corrected chi connectivity index (χ2v) is 8.95. The average molecular weight is 448 g/mol. The predicted molar refractivity (Wildman–Crippen MR) is 110 cm³/mol. The summed E-state index contributed by atoms with van der Waals surface area (Å²) in [6, 6.07) is 0. The van der Waals surface area contributed by atoms with Crippen molar-refractivity contribution in [2.75, 3.05) is 6.54 Å². The van der Waals surface area contributed by atoms with Crippen LogP contribution in [0.5, 0.6) is 0 Å². The van der Waals surface area contributed by atoms with Crippen molar-refractivity contribution in [1.82, 2.24) is 0 Å². The summed E-state index contributed by atoms with van der Waals surface area (Å²) in [7, 11) is 0. The molecule has 0 aliphatic heterocycles. The van der Waals surface area contributed by atoms with E-state index in [1.165, 1.54) is 51.4 Å². The quantitative estimate of drug-likeness (QED) is 0.324. The molecule has 2 N–H and O–H groups in total. The smallest absolute Gasteiger partial charge is 0.0693 e. The molecule has 0 atom stereocenters. The third-order valence-electron chi connectivity index (χ3n) is 3.88. The fourth-order valence-corrected chi connectivity index (χ4v) is 4.66. The van der Waals surface area contributed by atoms with Crippen LogP contribution in [0.4, 0.5) is 0 Å². The molecular formula is C16H29Cl6N. The van der Waals surface area contributed by atoms with E-state index in [2.05, 4.69) is 6.92 Å². The van der Waals surface area contributed by atoms with Gasteiger partial charge in [-0.05, 0) is 13.0 Å². The van der Waals surface area contributed by atoms with Gasteiger partial charge in [0.05, 0.1) is 32.3 Å². The van der Waals surface area contributed by atoms with Gasteiger partial charge in [0.2, 0.25) is 0 Å². The van der Waals surface area contributed by atoms with Crippen LogP contribution in [-0.4, -0.2) is 38.8 Å². The lowest BCUT2D eigenvalue weighted by molar-refractivity contribution is 0.544. The minimum atomic E-state index is -0.437. The Morgan fingerprint density at radius 3 is 1.04 bits per heavy atom. The molecule has 1 aliphatic rings. The minimum Gasteiger partial charge on any atom is -0.330 e. The van der Waals surface area contributed by atoms with E-state index in [1.807, 2.05) is 0 Å². The first-order chi connectivity index (χ1) is 10.9. The van der Waals surface area contributed by atoms with Gasteiger partial charge in [-0.2, -0.15) is 0 Å². The van der Waals surface area contributed by atoms with Crippen molar-refractivity contribution < 1.29 is 0 Å². The van der Waals surface area contributed by atoms with Crippen molar-refractivity contribution >= 4 is 69.6 Å². The zero-order chi connectivity index (χ0) is 17.8. The van der Waals surface area contributed by atoms with E-state index < -0.39 is 32.3 Å². The van der Waals surface area contributed by atoms with E-state index in [1.54, 1.807) is 0 Å². The summed E-state index contributed by atoms with van der Waals surface area (Å²) in [6.07, 6.45) is 11.0. The van der Waals surface area contributed by atoms with E-state index in [-0.39, 0.29) is 0 Å². The fourth-order valence-electron chi connectivity index (χ4n) is 2.33. The number of alkyl halides is 6. The summed E-state index contributed by atoms with van der Waals surface area (Å²) in [4.78, 5) is 0. The van der Waals surface area contributed by atoms with Crippen LogP contribution < -0.4 is 5.73 Å². The Kier molecular flexibility index (Phi) is 15.9. The molecule has 0 heterocycles. The second kappa shape index (κ2) is 14.8. The first kappa shape index (κ1) is 24.7. The Labute approximate surface area is 171 Å². The largest absolute Gasteiger partial charge is 0.330 e. The molecule has 0 saturated heterocycles. The maximum absolute atomic E-state index is 5.88. The molecule has 0 radical (unpaired) electrons. The number of rotatable bonds is 8. The van der Waals surface area contributed by atoms with Gasteiger partial charge in [0.25, 0.3) is 0 Å². The van der Waals surface area contributed by atoms with Crippen LogP contribution in [0.1, 0.15) is 58.3 Å². The number of unbranched alkanes of at least 4 members (excludes halogenated alkanes) is 7. The highest BCUT2D eigenvalue weighted by Crippen LogP contribution is 2.39. The normalized spacial score (nSPS) is 33.9. The molecule has 0 aromatic heterocycles. The van der Waals surface area contributed by atoms with Gasteiger partial charge < -0.3 is 5.73 Å². The Morgan fingerprint density at radius 1 is 0.522 bits per heavy atom. The van der Waals surface area contributed by atoms with Gasteiger partial charge in [0.15, 0.2) is 0 Å². The number of nitrogens with two attached hydrogens (primary N) is 1. The first-order valence-electron chi connectivity index (χ1n) is 8.42. The zero-order valence-corrected chi connectivity index (χ0v) is 18.2. The van der Waals surface area contributed by atoms with E-state index in [0.29, 0.717) is 0 Å². The Bertz CT molecular complexity index is 215. The fraction of sp³-hybridized carbons (Fsp3) is 1.00. The maximum Gasteiger partial charge on any atom is 0.0693 e. The Morgan fingerprint density at radius 2 is 0.783 bits per heavy atom. The molecule has 0 spiro atoms. The lowest BCUT2D eigenvalue weighted by Gasteiger charge is -2.37. The van der Waals surface area contributed by atoms with Gasteiger partial charge in [0.1, 0.15) is 0 Å². The summed E-state index contributed by atoms with van der Waals surface area (Å²) < 4.78 is 0. The van der Waals surface area contributed by atoms with E-state index in [9.17, 15) is 0 Å². The highest BCUT2D eigenvalue weighted by Gasteiger charge is 2.46. The van der Waals surface area contributed by atoms with E-state index in [4.69, 9.17) is 75.3 Å². The van der Waals surface area contributed by atoms with Crippen molar-refractivity contribution in [2.24, 2.45) is 5.73 Å². The maximum atomic E-state index is 5.88. The summed E-state index contributed by atoms with van der Waals surface area (Å²) in [5.41, 5.74) is 5.39. The molecule has 1 saturated carbocycles. The molecule has 1 rings (SSSR count). The topological polar surface area (TPSA) is 26.0 Å². The molecule has 0 aromatic rings. The van der Waals surface area contributed by atoms with Gasteiger partial charge in [-0.25, -0.2) is 0 Å². The van der Waals surface area contributed by atoms with Gasteiger partial charge >= 0.3 is 0 Å². The van der Waals surface area contributed by atoms with Crippen molar-refractivity contribution in [1.29, 1.82) is 0 Å². The van der Waals surface area contributed by atoms with Crippen molar-refractivity contribution in [3.05, 3.63) is 0 Å². The van der Waals surface area contributed by atoms with Crippen LogP contribution in [0, 0.1) is 0 Å². The molecule has 7 heteroatoms. The van der Waals surface area contributed by atoms with E-state index in [0.717, 1.165) is 6.54 Å². The lowest BCUT2D eigenvalue weighted by Crippen LogP contribution is -2.52. The van der Waals surface area contributed by atoms with Crippen molar-refractivity contribution in [3.63, 3.8) is 0 Å². The van der Waals surface area contributed by atoms with Crippen molar-refractivity contribution in [3.8, 4) is 0 Å². The average Bonchev–Trinajstić information content (AvgIpc) is 2.56. The standard InChI is InChI=1S/C10H23N.C6H6Cl6/c1-2-3-4-5-6-7-8-9-10-11;7-1-2(8)4(10)6(12)5(11)3(1)9/h2-11H2,1H3;1-6H. The van der Waals surface area contributed by atoms with E-state index >= 15 is 0 Å². The van der Waals surface area contributed by atoms with Crippen LogP contribution in [-0.2, 0) is 0 Å². The molecule has 0 unspecified atom stereocenters.